The Morgan fingerprint density at radius 2 is 1.33 bits per heavy atom. The van der Waals surface area contributed by atoms with Crippen LogP contribution < -0.4 is 11.1 Å². The summed E-state index contributed by atoms with van der Waals surface area (Å²) in [6.07, 6.45) is -10.1. The molecule has 0 fully saturated rings. The van der Waals surface area contributed by atoms with Crippen molar-refractivity contribution in [3.05, 3.63) is 58.7 Å². The van der Waals surface area contributed by atoms with Crippen LogP contribution in [-0.4, -0.2) is 11.7 Å². The Labute approximate surface area is 185 Å². The molecule has 0 atom stereocenters. The molecular formula is C21H18F6N4O2. The molecule has 0 heterocycles. The van der Waals surface area contributed by atoms with E-state index in [1.807, 2.05) is 5.32 Å². The predicted octanol–water partition coefficient (Wildman–Crippen LogP) is 6.08. The minimum atomic E-state index is -4.64. The molecule has 2 aromatic carbocycles. The second-order valence-corrected chi connectivity index (χ2v) is 7.41. The van der Waals surface area contributed by atoms with Crippen LogP contribution in [0.15, 0.2) is 36.4 Å². The van der Waals surface area contributed by atoms with Gasteiger partial charge >= 0.3 is 18.4 Å². The van der Waals surface area contributed by atoms with Crippen molar-refractivity contribution in [3.8, 4) is 12.1 Å². The number of ether oxygens (including phenoxy) is 1. The summed E-state index contributed by atoms with van der Waals surface area (Å²) in [6.45, 7) is 4.76. The van der Waals surface area contributed by atoms with E-state index in [1.165, 1.54) is 0 Å². The maximum atomic E-state index is 12.8. The largest absolute Gasteiger partial charge is 0.444 e. The van der Waals surface area contributed by atoms with Gasteiger partial charge in [0.15, 0.2) is 0 Å². The molecule has 12 heteroatoms. The quantitative estimate of drug-likeness (QED) is 0.386. The van der Waals surface area contributed by atoms with Crippen LogP contribution >= 0.6 is 0 Å². The Hall–Kier alpha value is -3.93. The van der Waals surface area contributed by atoms with Crippen molar-refractivity contribution < 1.29 is 35.9 Å². The average Bonchev–Trinajstić information content (AvgIpc) is 2.64. The van der Waals surface area contributed by atoms with Gasteiger partial charge in [0.1, 0.15) is 5.60 Å². The number of anilines is 2. The lowest BCUT2D eigenvalue weighted by atomic mass is 10.1. The van der Waals surface area contributed by atoms with Crippen molar-refractivity contribution in [3.63, 3.8) is 0 Å². The number of carbonyl (C=O) groups excluding carboxylic acids is 1. The summed E-state index contributed by atoms with van der Waals surface area (Å²) in [5, 5.41) is 19.1. The molecule has 0 spiro atoms. The van der Waals surface area contributed by atoms with Crippen molar-refractivity contribution >= 4 is 17.5 Å². The van der Waals surface area contributed by atoms with E-state index in [9.17, 15) is 31.1 Å². The topological polar surface area (TPSA) is 112 Å². The standard InChI is InChI=1S/C13H13F3N2O2.C8H5F3N2/c1-12(2,3)20-11(19)18-10-6-8(7-17)4-5-9(10)13(14,15)16;9-8(10,11)6-2-1-5(4-12)3-7(6)13/h4-6H,1-3H3,(H,18,19);1-3H,13H2. The molecule has 0 aromatic heterocycles. The summed E-state index contributed by atoms with van der Waals surface area (Å²) >= 11 is 0. The van der Waals surface area contributed by atoms with Gasteiger partial charge in [-0.25, -0.2) is 4.79 Å². The van der Waals surface area contributed by atoms with Crippen LogP contribution in [0.4, 0.5) is 42.5 Å². The Morgan fingerprint density at radius 3 is 1.73 bits per heavy atom. The third kappa shape index (κ3) is 8.61. The zero-order valence-electron chi connectivity index (χ0n) is 17.5. The number of hydrogen-bond acceptors (Lipinski definition) is 5. The van der Waals surface area contributed by atoms with Crippen molar-refractivity contribution in [1.29, 1.82) is 10.5 Å². The second-order valence-electron chi connectivity index (χ2n) is 7.41. The van der Waals surface area contributed by atoms with Crippen LogP contribution in [0, 0.1) is 22.7 Å². The zero-order chi connectivity index (χ0) is 25.6. The van der Waals surface area contributed by atoms with Crippen molar-refractivity contribution in [2.45, 2.75) is 38.7 Å². The third-order valence-corrected chi connectivity index (χ3v) is 3.58. The monoisotopic (exact) mass is 472 g/mol. The number of nitrogen functional groups attached to an aromatic ring is 1. The number of nitriles is 2. The molecule has 0 aliphatic heterocycles. The highest BCUT2D eigenvalue weighted by Gasteiger charge is 2.34. The van der Waals surface area contributed by atoms with E-state index in [0.717, 1.165) is 36.4 Å². The van der Waals surface area contributed by atoms with Crippen LogP contribution in [0.2, 0.25) is 0 Å². The Bertz CT molecular complexity index is 1090. The van der Waals surface area contributed by atoms with Gasteiger partial charge in [-0.3, -0.25) is 5.32 Å². The number of hydrogen-bond donors (Lipinski definition) is 2. The molecule has 33 heavy (non-hydrogen) atoms. The fourth-order valence-corrected chi connectivity index (χ4v) is 2.27. The molecule has 0 bridgehead atoms. The molecule has 3 N–H and O–H groups in total. The first-order valence-corrected chi connectivity index (χ1v) is 8.96. The lowest BCUT2D eigenvalue weighted by Crippen LogP contribution is -2.28. The maximum absolute atomic E-state index is 12.8. The number of carbonyl (C=O) groups is 1. The van der Waals surface area contributed by atoms with Gasteiger partial charge in [-0.15, -0.1) is 0 Å². The van der Waals surface area contributed by atoms with Gasteiger partial charge in [0.25, 0.3) is 0 Å². The fraction of sp³-hybridized carbons (Fsp3) is 0.286. The average molecular weight is 472 g/mol. The number of rotatable bonds is 1. The van der Waals surface area contributed by atoms with E-state index < -0.39 is 46.5 Å². The van der Waals surface area contributed by atoms with E-state index in [2.05, 4.69) is 0 Å². The Morgan fingerprint density at radius 1 is 0.879 bits per heavy atom. The second kappa shape index (κ2) is 10.1. The van der Waals surface area contributed by atoms with Crippen molar-refractivity contribution in [1.82, 2.24) is 0 Å². The first-order valence-electron chi connectivity index (χ1n) is 8.96. The summed E-state index contributed by atoms with van der Waals surface area (Å²) < 4.78 is 79.6. The Balaban J connectivity index is 0.000000361. The normalized spacial score (nSPS) is 11.4. The van der Waals surface area contributed by atoms with Gasteiger partial charge in [0, 0.05) is 5.69 Å². The number of nitrogens with two attached hydrogens (primary N) is 1. The molecule has 2 aromatic rings. The molecule has 0 unspecified atom stereocenters. The van der Waals surface area contributed by atoms with E-state index >= 15 is 0 Å². The van der Waals surface area contributed by atoms with Crippen molar-refractivity contribution in [2.24, 2.45) is 0 Å². The van der Waals surface area contributed by atoms with Gasteiger partial charge in [-0.2, -0.15) is 36.9 Å². The first-order chi connectivity index (χ1) is 15.0. The molecular weight excluding hydrogens is 454 g/mol. The van der Waals surface area contributed by atoms with E-state index in [0.29, 0.717) is 0 Å². The van der Waals surface area contributed by atoms with Gasteiger partial charge in [0.05, 0.1) is 40.1 Å². The molecule has 0 aliphatic carbocycles. The summed E-state index contributed by atoms with van der Waals surface area (Å²) in [7, 11) is 0. The number of alkyl halides is 6. The molecule has 2 rings (SSSR count). The highest BCUT2D eigenvalue weighted by atomic mass is 19.4. The predicted molar refractivity (Wildman–Crippen MR) is 107 cm³/mol. The number of halogens is 6. The summed E-state index contributed by atoms with van der Waals surface area (Å²) in [4.78, 5) is 11.5. The molecule has 0 radical (unpaired) electrons. The van der Waals surface area contributed by atoms with Gasteiger partial charge in [-0.05, 0) is 57.2 Å². The molecule has 176 valence electrons. The number of benzene rings is 2. The van der Waals surface area contributed by atoms with E-state index in [-0.39, 0.29) is 11.1 Å². The molecule has 0 aliphatic rings. The number of nitrogens with zero attached hydrogens (tertiary/aromatic N) is 2. The van der Waals surface area contributed by atoms with Crippen molar-refractivity contribution in [2.75, 3.05) is 11.1 Å². The van der Waals surface area contributed by atoms with E-state index in [4.69, 9.17) is 21.0 Å². The molecule has 0 saturated heterocycles. The summed E-state index contributed by atoms with van der Waals surface area (Å²) in [6, 6.07) is 9.02. The van der Waals surface area contributed by atoms with Gasteiger partial charge in [-0.1, -0.05) is 0 Å². The van der Waals surface area contributed by atoms with E-state index in [1.54, 1.807) is 32.9 Å². The SMILES string of the molecule is CC(C)(C)OC(=O)Nc1cc(C#N)ccc1C(F)(F)F.N#Cc1ccc(C(F)(F)F)c(N)c1. The fourth-order valence-electron chi connectivity index (χ4n) is 2.27. The minimum Gasteiger partial charge on any atom is -0.444 e. The summed E-state index contributed by atoms with van der Waals surface area (Å²) in [5.74, 6) is 0. The van der Waals surface area contributed by atoms with Crippen LogP contribution in [0.5, 0.6) is 0 Å². The van der Waals surface area contributed by atoms with Gasteiger partial charge in [0.2, 0.25) is 0 Å². The molecule has 6 nitrogen and oxygen atoms in total. The lowest BCUT2D eigenvalue weighted by molar-refractivity contribution is -0.137. The third-order valence-electron chi connectivity index (χ3n) is 3.58. The van der Waals surface area contributed by atoms with Crippen LogP contribution in [0.1, 0.15) is 43.0 Å². The highest BCUT2D eigenvalue weighted by molar-refractivity contribution is 5.86. The number of amides is 1. The highest BCUT2D eigenvalue weighted by Crippen LogP contribution is 2.35. The van der Waals surface area contributed by atoms with Crippen LogP contribution in [0.25, 0.3) is 0 Å². The zero-order valence-corrected chi connectivity index (χ0v) is 17.5. The maximum Gasteiger partial charge on any atom is 0.418 e. The molecule has 1 amide bonds. The van der Waals surface area contributed by atoms with Gasteiger partial charge < -0.3 is 10.5 Å². The van der Waals surface area contributed by atoms with Crippen LogP contribution in [0.3, 0.4) is 0 Å². The first kappa shape index (κ1) is 27.1. The molecule has 0 saturated carbocycles. The summed E-state index contributed by atoms with van der Waals surface area (Å²) in [5.41, 5.74) is 1.51. The minimum absolute atomic E-state index is 0.00376. The Kier molecular flexibility index (Phi) is 8.32. The smallest absolute Gasteiger partial charge is 0.418 e. The lowest BCUT2D eigenvalue weighted by Gasteiger charge is -2.21. The number of nitrogens with one attached hydrogen (secondary N) is 1. The van der Waals surface area contributed by atoms with Crippen LogP contribution in [-0.2, 0) is 17.1 Å².